The van der Waals surface area contributed by atoms with Crippen molar-refractivity contribution in [2.45, 2.75) is 57.5 Å². The molecule has 0 radical (unpaired) electrons. The lowest BCUT2D eigenvalue weighted by atomic mass is 9.88. The van der Waals surface area contributed by atoms with Gasteiger partial charge in [-0.25, -0.2) is 0 Å². The highest BCUT2D eigenvalue weighted by Gasteiger charge is 2.43. The molecule has 5 aromatic rings. The third kappa shape index (κ3) is 9.82. The van der Waals surface area contributed by atoms with E-state index in [9.17, 15) is 0 Å². The van der Waals surface area contributed by atoms with Crippen LogP contribution < -0.4 is 0 Å². The molecule has 5 heteroatoms. The quantitative estimate of drug-likeness (QED) is 0.103. The summed E-state index contributed by atoms with van der Waals surface area (Å²) in [6.45, 7) is 2.55. The second-order valence-corrected chi connectivity index (χ2v) is 11.7. The Morgan fingerprint density at radius 2 is 0.702 bits per heavy atom. The Morgan fingerprint density at radius 3 is 1.15 bits per heavy atom. The first-order valence-electron chi connectivity index (χ1n) is 16.3. The van der Waals surface area contributed by atoms with E-state index in [-0.39, 0.29) is 0 Å². The maximum absolute atomic E-state index is 6.82. The summed E-state index contributed by atoms with van der Waals surface area (Å²) in [7, 11) is 0. The summed E-state index contributed by atoms with van der Waals surface area (Å²) in [5, 5.41) is 0. The third-order valence-corrected chi connectivity index (χ3v) is 8.20. The van der Waals surface area contributed by atoms with E-state index in [0.717, 1.165) is 33.4 Å². The molecule has 0 saturated carbocycles. The van der Waals surface area contributed by atoms with Crippen molar-refractivity contribution in [1.29, 1.82) is 0 Å². The minimum absolute atomic E-state index is 0.371. The highest BCUT2D eigenvalue weighted by atomic mass is 16.6. The molecule has 6 rings (SSSR count). The highest BCUT2D eigenvalue weighted by Crippen LogP contribution is 2.32. The largest absolute Gasteiger partial charge is 0.372 e. The molecule has 4 atom stereocenters. The molecule has 0 saturated heterocycles. The maximum atomic E-state index is 6.82. The van der Waals surface area contributed by atoms with Crippen LogP contribution in [0.2, 0.25) is 0 Å². The van der Waals surface area contributed by atoms with E-state index in [1.54, 1.807) is 0 Å². The smallest absolute Gasteiger partial charge is 0.117 e. The number of hydrogen-bond donors (Lipinski definition) is 0. The number of rotatable bonds is 16. The Hall–Kier alpha value is -4.36. The number of benzene rings is 5. The molecule has 0 amide bonds. The minimum Gasteiger partial charge on any atom is -0.372 e. The topological polar surface area (TPSA) is 46.2 Å². The fraction of sp³-hybridized carbons (Fsp3) is 0.238. The Labute approximate surface area is 278 Å². The Kier molecular flexibility index (Phi) is 12.1. The lowest BCUT2D eigenvalue weighted by Gasteiger charge is -2.41. The lowest BCUT2D eigenvalue weighted by Crippen LogP contribution is -2.53. The first-order chi connectivity index (χ1) is 23.3. The minimum atomic E-state index is -0.469. The predicted molar refractivity (Wildman–Crippen MR) is 184 cm³/mol. The van der Waals surface area contributed by atoms with Crippen molar-refractivity contribution >= 4 is 0 Å². The zero-order valence-electron chi connectivity index (χ0n) is 26.6. The molecule has 240 valence electrons. The maximum Gasteiger partial charge on any atom is 0.117 e. The van der Waals surface area contributed by atoms with Crippen LogP contribution in [0.25, 0.3) is 0 Å². The fourth-order valence-electron chi connectivity index (χ4n) is 5.74. The molecule has 1 aliphatic carbocycles. The second-order valence-electron chi connectivity index (χ2n) is 11.7. The van der Waals surface area contributed by atoms with Crippen LogP contribution in [0.1, 0.15) is 27.8 Å². The Bertz CT molecular complexity index is 1610. The standard InChI is InChI=1S/C42H42O5/c1-6-16-33(17-7-1)27-43-32-38-26-39(44-28-34-18-8-2-9-19-34)41(46-30-36-22-12-4-13-23-36)42(47-31-37-24-14-5-15-25-37)40(38)45-29-35-20-10-3-11-21-35/h1-26,39-42H,27-32H2/t39-,40+,41-,42-/m0/s1. The molecule has 0 bridgehead atoms. The fourth-order valence-corrected chi connectivity index (χ4v) is 5.74. The van der Waals surface area contributed by atoms with E-state index >= 15 is 0 Å². The predicted octanol–water partition coefficient (Wildman–Crippen LogP) is 8.48. The molecule has 0 heterocycles. The van der Waals surface area contributed by atoms with Crippen LogP contribution in [-0.4, -0.2) is 31.0 Å². The second kappa shape index (κ2) is 17.5. The van der Waals surface area contributed by atoms with Gasteiger partial charge in [-0.05, 0) is 39.5 Å². The molecule has 47 heavy (non-hydrogen) atoms. The summed E-state index contributed by atoms with van der Waals surface area (Å²) >= 11 is 0. The van der Waals surface area contributed by atoms with Crippen molar-refractivity contribution in [2.24, 2.45) is 0 Å². The molecule has 0 spiro atoms. The van der Waals surface area contributed by atoms with Gasteiger partial charge in [-0.15, -0.1) is 0 Å². The van der Waals surface area contributed by atoms with Gasteiger partial charge in [-0.3, -0.25) is 0 Å². The van der Waals surface area contributed by atoms with Gasteiger partial charge in [0.2, 0.25) is 0 Å². The Balaban J connectivity index is 1.32. The molecular weight excluding hydrogens is 584 g/mol. The first-order valence-corrected chi connectivity index (χ1v) is 16.3. The molecule has 0 aliphatic heterocycles. The molecule has 1 aliphatic rings. The summed E-state index contributed by atoms with van der Waals surface area (Å²) in [5.41, 5.74) is 6.43. The SMILES string of the molecule is C1=C(COCc2ccccc2)[C@@H](OCc2ccccc2)[C@H](OCc2ccccc2)[C@@H](OCc2ccccc2)[C@H]1OCc1ccccc1. The first kappa shape index (κ1) is 32.6. The van der Waals surface area contributed by atoms with Gasteiger partial charge in [-0.2, -0.15) is 0 Å². The van der Waals surface area contributed by atoms with Crippen molar-refractivity contribution in [3.8, 4) is 0 Å². The van der Waals surface area contributed by atoms with Gasteiger partial charge >= 0.3 is 0 Å². The lowest BCUT2D eigenvalue weighted by molar-refractivity contribution is -0.183. The molecule has 0 N–H and O–H groups in total. The highest BCUT2D eigenvalue weighted by molar-refractivity contribution is 5.25. The average Bonchev–Trinajstić information content (AvgIpc) is 3.14. The van der Waals surface area contributed by atoms with Crippen LogP contribution in [0.15, 0.2) is 163 Å². The van der Waals surface area contributed by atoms with E-state index < -0.39 is 24.4 Å². The van der Waals surface area contributed by atoms with E-state index in [0.29, 0.717) is 39.6 Å². The number of hydrogen-bond acceptors (Lipinski definition) is 5. The van der Waals surface area contributed by atoms with Gasteiger partial charge in [0.05, 0.1) is 39.6 Å². The zero-order chi connectivity index (χ0) is 31.9. The van der Waals surface area contributed by atoms with Gasteiger partial charge in [-0.1, -0.05) is 152 Å². The monoisotopic (exact) mass is 626 g/mol. The molecule has 5 nitrogen and oxygen atoms in total. The van der Waals surface area contributed by atoms with Crippen LogP contribution in [0.5, 0.6) is 0 Å². The molecule has 0 fully saturated rings. The summed E-state index contributed by atoms with van der Waals surface area (Å²) < 4.78 is 33.3. The molecular formula is C42H42O5. The van der Waals surface area contributed by atoms with Crippen molar-refractivity contribution in [2.75, 3.05) is 6.61 Å². The van der Waals surface area contributed by atoms with E-state index in [2.05, 4.69) is 66.7 Å². The van der Waals surface area contributed by atoms with Crippen molar-refractivity contribution in [3.05, 3.63) is 191 Å². The van der Waals surface area contributed by atoms with E-state index in [1.165, 1.54) is 0 Å². The third-order valence-electron chi connectivity index (χ3n) is 8.20. The molecule has 0 unspecified atom stereocenters. The normalized spacial score (nSPS) is 19.3. The van der Waals surface area contributed by atoms with Crippen molar-refractivity contribution in [1.82, 2.24) is 0 Å². The van der Waals surface area contributed by atoms with Gasteiger partial charge < -0.3 is 23.7 Å². The molecule has 0 aromatic heterocycles. The van der Waals surface area contributed by atoms with Crippen LogP contribution in [0.3, 0.4) is 0 Å². The number of ether oxygens (including phenoxy) is 5. The van der Waals surface area contributed by atoms with E-state index in [1.807, 2.05) is 91.0 Å². The van der Waals surface area contributed by atoms with Crippen LogP contribution in [0.4, 0.5) is 0 Å². The van der Waals surface area contributed by atoms with Gasteiger partial charge in [0.1, 0.15) is 24.4 Å². The summed E-state index contributed by atoms with van der Waals surface area (Å²) in [4.78, 5) is 0. The zero-order valence-corrected chi connectivity index (χ0v) is 26.6. The average molecular weight is 627 g/mol. The van der Waals surface area contributed by atoms with Gasteiger partial charge in [0, 0.05) is 0 Å². The van der Waals surface area contributed by atoms with Crippen LogP contribution >= 0.6 is 0 Å². The van der Waals surface area contributed by atoms with Gasteiger partial charge in [0.25, 0.3) is 0 Å². The van der Waals surface area contributed by atoms with Crippen LogP contribution in [-0.2, 0) is 56.7 Å². The van der Waals surface area contributed by atoms with E-state index in [4.69, 9.17) is 23.7 Å². The van der Waals surface area contributed by atoms with Crippen molar-refractivity contribution < 1.29 is 23.7 Å². The summed E-state index contributed by atoms with van der Waals surface area (Å²) in [5.74, 6) is 0. The Morgan fingerprint density at radius 1 is 0.340 bits per heavy atom. The van der Waals surface area contributed by atoms with Crippen molar-refractivity contribution in [3.63, 3.8) is 0 Å². The van der Waals surface area contributed by atoms with Crippen LogP contribution in [0, 0.1) is 0 Å². The summed E-state index contributed by atoms with van der Waals surface area (Å²) in [6.07, 6.45) is 0.408. The van der Waals surface area contributed by atoms with Gasteiger partial charge in [0.15, 0.2) is 0 Å². The molecule has 5 aromatic carbocycles. The summed E-state index contributed by atoms with van der Waals surface area (Å²) in [6, 6.07) is 51.1.